The summed E-state index contributed by atoms with van der Waals surface area (Å²) in [4.78, 5) is 11.1. The van der Waals surface area contributed by atoms with Crippen molar-refractivity contribution in [3.05, 3.63) is 0 Å². The second kappa shape index (κ2) is 3.59. The highest BCUT2D eigenvalue weighted by Gasteiger charge is 2.43. The maximum Gasteiger partial charge on any atom is 0.266 e. The molecule has 2 atom stereocenters. The van der Waals surface area contributed by atoms with Crippen molar-refractivity contribution in [2.45, 2.75) is 37.1 Å². The summed E-state index contributed by atoms with van der Waals surface area (Å²) in [5.74, 6) is 4.08. The minimum atomic E-state index is -1.74. The Hall–Kier alpha value is -0.690. The first-order valence-corrected chi connectivity index (χ1v) is 4.07. The monoisotopic (exact) mass is 190 g/mol. The molecule has 0 aromatic carbocycles. The number of hydrogen-bond acceptors (Lipinski definition) is 5. The highest BCUT2D eigenvalue weighted by atomic mass is 16.3. The summed E-state index contributed by atoms with van der Waals surface area (Å²) in [6.07, 6.45) is -1.74. The largest absolute Gasteiger partial charge is 0.393 e. The smallest absolute Gasteiger partial charge is 0.266 e. The Bertz CT molecular complexity index is 199. The molecule has 6 nitrogen and oxygen atoms in total. The molecule has 1 amide bonds. The van der Waals surface area contributed by atoms with Crippen molar-refractivity contribution < 1.29 is 20.1 Å². The standard InChI is InChI=1S/C7H14N2O4/c8-9-6(12)7(13)2-4(10)1-5(11)3-7/h4-5,10-11,13H,1-3,8H2,(H,9,12)/t4-,5-/m0/s1. The molecule has 6 N–H and O–H groups in total. The van der Waals surface area contributed by atoms with Crippen molar-refractivity contribution in [2.24, 2.45) is 5.84 Å². The third-order valence-corrected chi connectivity index (χ3v) is 2.24. The molecule has 0 aromatic heterocycles. The van der Waals surface area contributed by atoms with Crippen LogP contribution in [0.3, 0.4) is 0 Å². The van der Waals surface area contributed by atoms with Crippen molar-refractivity contribution in [2.75, 3.05) is 0 Å². The van der Waals surface area contributed by atoms with E-state index in [1.54, 1.807) is 5.43 Å². The summed E-state index contributed by atoms with van der Waals surface area (Å²) >= 11 is 0. The van der Waals surface area contributed by atoms with Gasteiger partial charge in [-0.2, -0.15) is 0 Å². The minimum Gasteiger partial charge on any atom is -0.393 e. The molecule has 0 bridgehead atoms. The van der Waals surface area contributed by atoms with E-state index >= 15 is 0 Å². The molecule has 0 heterocycles. The van der Waals surface area contributed by atoms with E-state index in [9.17, 15) is 20.1 Å². The van der Waals surface area contributed by atoms with E-state index in [1.165, 1.54) is 0 Å². The van der Waals surface area contributed by atoms with Gasteiger partial charge in [0.25, 0.3) is 5.91 Å². The molecule has 1 aliphatic rings. The van der Waals surface area contributed by atoms with Crippen molar-refractivity contribution in [3.63, 3.8) is 0 Å². The first-order valence-electron chi connectivity index (χ1n) is 4.07. The topological polar surface area (TPSA) is 116 Å². The van der Waals surface area contributed by atoms with E-state index in [1.807, 2.05) is 0 Å². The van der Waals surface area contributed by atoms with Crippen LogP contribution in [0, 0.1) is 0 Å². The molecule has 1 fully saturated rings. The lowest BCUT2D eigenvalue weighted by Gasteiger charge is -2.35. The summed E-state index contributed by atoms with van der Waals surface area (Å²) in [6, 6.07) is 0. The number of carbonyl (C=O) groups excluding carboxylic acids is 1. The number of nitrogens with one attached hydrogen (secondary N) is 1. The van der Waals surface area contributed by atoms with Gasteiger partial charge in [0.15, 0.2) is 0 Å². The summed E-state index contributed by atoms with van der Waals surface area (Å²) in [5, 5.41) is 28.1. The lowest BCUT2D eigenvalue weighted by molar-refractivity contribution is -0.154. The van der Waals surface area contributed by atoms with Gasteiger partial charge in [-0.15, -0.1) is 0 Å². The Balaban J connectivity index is 2.71. The Morgan fingerprint density at radius 2 is 1.85 bits per heavy atom. The molecule has 6 heteroatoms. The van der Waals surface area contributed by atoms with E-state index in [2.05, 4.69) is 0 Å². The van der Waals surface area contributed by atoms with E-state index in [-0.39, 0.29) is 19.3 Å². The molecule has 1 saturated carbocycles. The van der Waals surface area contributed by atoms with Crippen LogP contribution in [0.2, 0.25) is 0 Å². The van der Waals surface area contributed by atoms with Crippen LogP contribution in [-0.4, -0.2) is 39.0 Å². The average molecular weight is 190 g/mol. The van der Waals surface area contributed by atoms with E-state index < -0.39 is 23.7 Å². The zero-order valence-corrected chi connectivity index (χ0v) is 7.10. The number of amides is 1. The van der Waals surface area contributed by atoms with Gasteiger partial charge >= 0.3 is 0 Å². The van der Waals surface area contributed by atoms with Crippen LogP contribution in [0.15, 0.2) is 0 Å². The molecular weight excluding hydrogens is 176 g/mol. The highest BCUT2D eigenvalue weighted by Crippen LogP contribution is 2.28. The number of hydrogen-bond donors (Lipinski definition) is 5. The lowest BCUT2D eigenvalue weighted by atomic mass is 9.81. The fourth-order valence-corrected chi connectivity index (χ4v) is 1.66. The van der Waals surface area contributed by atoms with Crippen LogP contribution in [0.25, 0.3) is 0 Å². The lowest BCUT2D eigenvalue weighted by Crippen LogP contribution is -2.55. The number of aliphatic hydroxyl groups excluding tert-OH is 2. The van der Waals surface area contributed by atoms with Crippen molar-refractivity contribution in [1.29, 1.82) is 0 Å². The quantitative estimate of drug-likeness (QED) is 0.180. The predicted octanol–water partition coefficient (Wildman–Crippen LogP) is -2.39. The first-order chi connectivity index (χ1) is 5.98. The number of carbonyl (C=O) groups is 1. The molecule has 13 heavy (non-hydrogen) atoms. The van der Waals surface area contributed by atoms with Crippen LogP contribution >= 0.6 is 0 Å². The second-order valence-electron chi connectivity index (χ2n) is 3.46. The summed E-state index contributed by atoms with van der Waals surface area (Å²) in [6.45, 7) is 0. The van der Waals surface area contributed by atoms with Gasteiger partial charge in [0.2, 0.25) is 0 Å². The van der Waals surface area contributed by atoms with Crippen molar-refractivity contribution in [3.8, 4) is 0 Å². The van der Waals surface area contributed by atoms with E-state index in [4.69, 9.17) is 5.84 Å². The predicted molar refractivity (Wildman–Crippen MR) is 43.1 cm³/mol. The van der Waals surface area contributed by atoms with Crippen LogP contribution in [-0.2, 0) is 4.79 Å². The van der Waals surface area contributed by atoms with Crippen LogP contribution in [0.1, 0.15) is 19.3 Å². The zero-order valence-electron chi connectivity index (χ0n) is 7.10. The Morgan fingerprint density at radius 1 is 1.38 bits per heavy atom. The Labute approximate surface area is 75.3 Å². The number of rotatable bonds is 1. The Morgan fingerprint density at radius 3 is 2.23 bits per heavy atom. The fourth-order valence-electron chi connectivity index (χ4n) is 1.66. The summed E-state index contributed by atoms with van der Waals surface area (Å²) < 4.78 is 0. The number of hydrazine groups is 1. The minimum absolute atomic E-state index is 0.0902. The van der Waals surface area contributed by atoms with Crippen LogP contribution in [0.5, 0.6) is 0 Å². The van der Waals surface area contributed by atoms with Gasteiger partial charge < -0.3 is 15.3 Å². The van der Waals surface area contributed by atoms with E-state index in [0.717, 1.165) is 0 Å². The molecule has 76 valence electrons. The van der Waals surface area contributed by atoms with Crippen LogP contribution < -0.4 is 11.3 Å². The van der Waals surface area contributed by atoms with Crippen molar-refractivity contribution in [1.82, 2.24) is 5.43 Å². The van der Waals surface area contributed by atoms with Crippen molar-refractivity contribution >= 4 is 5.91 Å². The Kier molecular flexibility index (Phi) is 2.87. The molecule has 1 aliphatic carbocycles. The summed E-state index contributed by atoms with van der Waals surface area (Å²) in [7, 11) is 0. The zero-order chi connectivity index (χ0) is 10.1. The van der Waals surface area contributed by atoms with Gasteiger partial charge in [-0.05, 0) is 6.42 Å². The highest BCUT2D eigenvalue weighted by molar-refractivity contribution is 5.84. The van der Waals surface area contributed by atoms with Gasteiger partial charge in [0.05, 0.1) is 12.2 Å². The normalized spacial score (nSPS) is 40.0. The van der Waals surface area contributed by atoms with Gasteiger partial charge in [-0.3, -0.25) is 10.2 Å². The van der Waals surface area contributed by atoms with Gasteiger partial charge in [-0.1, -0.05) is 0 Å². The third-order valence-electron chi connectivity index (χ3n) is 2.24. The fraction of sp³-hybridized carbons (Fsp3) is 0.857. The second-order valence-corrected chi connectivity index (χ2v) is 3.46. The molecule has 0 saturated heterocycles. The number of nitrogens with two attached hydrogens (primary N) is 1. The SMILES string of the molecule is NNC(=O)C1(O)C[C@@H](O)C[C@H](O)C1. The molecule has 0 aliphatic heterocycles. The summed E-state index contributed by atoms with van der Waals surface area (Å²) in [5.41, 5.74) is 0.0609. The molecule has 0 aromatic rings. The molecule has 1 rings (SSSR count). The van der Waals surface area contributed by atoms with Gasteiger partial charge in [0, 0.05) is 12.8 Å². The van der Waals surface area contributed by atoms with Gasteiger partial charge in [0.1, 0.15) is 5.60 Å². The molecular formula is C7H14N2O4. The van der Waals surface area contributed by atoms with Crippen LogP contribution in [0.4, 0.5) is 0 Å². The number of aliphatic hydroxyl groups is 3. The maximum atomic E-state index is 11.1. The molecule has 0 radical (unpaired) electrons. The average Bonchev–Trinajstić information content (AvgIpc) is 2.00. The molecule has 0 spiro atoms. The van der Waals surface area contributed by atoms with E-state index in [0.29, 0.717) is 0 Å². The van der Waals surface area contributed by atoms with Gasteiger partial charge in [-0.25, -0.2) is 5.84 Å². The first kappa shape index (κ1) is 10.4. The third kappa shape index (κ3) is 2.16. The maximum absolute atomic E-state index is 11.1. The molecule has 0 unspecified atom stereocenters.